The number of hydrogen-bond donors (Lipinski definition) is 2. The van der Waals surface area contributed by atoms with E-state index < -0.39 is 0 Å². The van der Waals surface area contributed by atoms with E-state index in [2.05, 4.69) is 43.2 Å². The molecular formula is C16H33N3O. The summed E-state index contributed by atoms with van der Waals surface area (Å²) in [6.07, 6.45) is 4.56. The molecule has 0 aromatic heterocycles. The Morgan fingerprint density at radius 2 is 1.95 bits per heavy atom. The summed E-state index contributed by atoms with van der Waals surface area (Å²) in [5.74, 6) is 0.920. The van der Waals surface area contributed by atoms with E-state index in [0.29, 0.717) is 0 Å². The molecule has 1 amide bonds. The fraction of sp³-hybridized carbons (Fsp3) is 0.938. The van der Waals surface area contributed by atoms with Gasteiger partial charge in [-0.05, 0) is 65.1 Å². The summed E-state index contributed by atoms with van der Waals surface area (Å²) < 4.78 is 0. The van der Waals surface area contributed by atoms with Gasteiger partial charge in [0.25, 0.3) is 0 Å². The lowest BCUT2D eigenvalue weighted by atomic mass is 9.96. The van der Waals surface area contributed by atoms with E-state index >= 15 is 0 Å². The number of hydrogen-bond acceptors (Lipinski definition) is 3. The second-order valence-corrected chi connectivity index (χ2v) is 6.18. The van der Waals surface area contributed by atoms with Crippen LogP contribution in [0.3, 0.4) is 0 Å². The maximum atomic E-state index is 12.3. The number of carbonyl (C=O) groups excluding carboxylic acids is 1. The van der Waals surface area contributed by atoms with E-state index in [0.717, 1.165) is 44.9 Å². The highest BCUT2D eigenvalue weighted by Gasteiger charge is 2.24. The predicted molar refractivity (Wildman–Crippen MR) is 84.8 cm³/mol. The summed E-state index contributed by atoms with van der Waals surface area (Å²) in [6, 6.07) is 0.256. The summed E-state index contributed by atoms with van der Waals surface area (Å²) in [5, 5.41) is 6.52. The normalized spacial score (nSPS) is 19.9. The monoisotopic (exact) mass is 283 g/mol. The number of amides is 1. The molecule has 0 aliphatic carbocycles. The van der Waals surface area contributed by atoms with Crippen LogP contribution in [0.1, 0.15) is 53.4 Å². The fourth-order valence-corrected chi connectivity index (χ4v) is 2.76. The zero-order valence-corrected chi connectivity index (χ0v) is 13.7. The lowest BCUT2D eigenvalue weighted by molar-refractivity contribution is -0.126. The van der Waals surface area contributed by atoms with Crippen LogP contribution in [0.25, 0.3) is 0 Å². The first-order chi connectivity index (χ1) is 9.58. The number of rotatable bonds is 8. The quantitative estimate of drug-likeness (QED) is 0.716. The third-order valence-electron chi connectivity index (χ3n) is 4.39. The Hall–Kier alpha value is -0.610. The average Bonchev–Trinajstić information content (AvgIpc) is 2.46. The largest absolute Gasteiger partial charge is 0.352 e. The van der Waals surface area contributed by atoms with E-state index in [1.54, 1.807) is 0 Å². The van der Waals surface area contributed by atoms with Gasteiger partial charge < -0.3 is 10.6 Å². The van der Waals surface area contributed by atoms with Crippen molar-refractivity contribution in [1.29, 1.82) is 0 Å². The lowest BCUT2D eigenvalue weighted by Gasteiger charge is -2.33. The minimum atomic E-state index is -0.0150. The Bertz CT molecular complexity index is 277. The van der Waals surface area contributed by atoms with Crippen molar-refractivity contribution in [2.75, 3.05) is 26.2 Å². The predicted octanol–water partition coefficient (Wildman–Crippen LogP) is 2.00. The molecule has 1 saturated heterocycles. The van der Waals surface area contributed by atoms with Crippen LogP contribution in [0.15, 0.2) is 0 Å². The van der Waals surface area contributed by atoms with Crippen molar-refractivity contribution in [3.63, 3.8) is 0 Å². The van der Waals surface area contributed by atoms with Gasteiger partial charge in [0.1, 0.15) is 0 Å². The molecule has 1 fully saturated rings. The van der Waals surface area contributed by atoms with Crippen LogP contribution in [0.4, 0.5) is 0 Å². The van der Waals surface area contributed by atoms with Crippen molar-refractivity contribution < 1.29 is 4.79 Å². The fourth-order valence-electron chi connectivity index (χ4n) is 2.76. The Labute approximate surface area is 124 Å². The molecule has 0 aromatic rings. The topological polar surface area (TPSA) is 44.4 Å². The van der Waals surface area contributed by atoms with Gasteiger partial charge in [0.05, 0.1) is 6.04 Å². The highest BCUT2D eigenvalue weighted by atomic mass is 16.2. The first-order valence-corrected chi connectivity index (χ1v) is 8.33. The van der Waals surface area contributed by atoms with Crippen LogP contribution in [-0.4, -0.2) is 49.1 Å². The van der Waals surface area contributed by atoms with E-state index in [1.807, 2.05) is 0 Å². The number of piperidine rings is 1. The van der Waals surface area contributed by atoms with Crippen LogP contribution < -0.4 is 10.6 Å². The molecule has 2 unspecified atom stereocenters. The maximum absolute atomic E-state index is 12.3. The molecule has 4 nitrogen and oxygen atoms in total. The molecule has 1 aliphatic heterocycles. The first kappa shape index (κ1) is 17.4. The molecule has 0 spiro atoms. The number of nitrogens with zero attached hydrogens (tertiary/aromatic N) is 1. The minimum Gasteiger partial charge on any atom is -0.352 e. The summed E-state index contributed by atoms with van der Waals surface area (Å²) >= 11 is 0. The minimum absolute atomic E-state index is 0.0150. The van der Waals surface area contributed by atoms with Gasteiger partial charge in [0, 0.05) is 12.6 Å². The average molecular weight is 283 g/mol. The van der Waals surface area contributed by atoms with E-state index in [-0.39, 0.29) is 18.0 Å². The third kappa shape index (κ3) is 5.80. The van der Waals surface area contributed by atoms with Crippen LogP contribution in [0.2, 0.25) is 0 Å². The van der Waals surface area contributed by atoms with Crippen LogP contribution in [-0.2, 0) is 4.79 Å². The molecular weight excluding hydrogens is 250 g/mol. The van der Waals surface area contributed by atoms with Crippen molar-refractivity contribution in [3.05, 3.63) is 0 Å². The van der Waals surface area contributed by atoms with E-state index in [4.69, 9.17) is 0 Å². The molecule has 0 aromatic carbocycles. The summed E-state index contributed by atoms with van der Waals surface area (Å²) in [6.45, 7) is 12.7. The highest BCUT2D eigenvalue weighted by Crippen LogP contribution is 2.15. The van der Waals surface area contributed by atoms with Crippen molar-refractivity contribution in [2.45, 2.75) is 65.5 Å². The Kier molecular flexibility index (Phi) is 8.15. The third-order valence-corrected chi connectivity index (χ3v) is 4.39. The van der Waals surface area contributed by atoms with Crippen molar-refractivity contribution in [3.8, 4) is 0 Å². The van der Waals surface area contributed by atoms with Gasteiger partial charge >= 0.3 is 0 Å². The zero-order valence-electron chi connectivity index (χ0n) is 13.7. The van der Waals surface area contributed by atoms with E-state index in [9.17, 15) is 4.79 Å². The van der Waals surface area contributed by atoms with Crippen LogP contribution >= 0.6 is 0 Å². The molecule has 1 aliphatic rings. The van der Waals surface area contributed by atoms with Gasteiger partial charge in [-0.3, -0.25) is 9.69 Å². The molecule has 1 heterocycles. The molecule has 2 atom stereocenters. The molecule has 4 heteroatoms. The Balaban J connectivity index is 2.51. The molecule has 2 N–H and O–H groups in total. The van der Waals surface area contributed by atoms with Gasteiger partial charge in [0.2, 0.25) is 5.91 Å². The highest BCUT2D eigenvalue weighted by molar-refractivity contribution is 5.81. The van der Waals surface area contributed by atoms with Gasteiger partial charge in [-0.1, -0.05) is 13.8 Å². The number of nitrogens with one attached hydrogen (secondary N) is 2. The smallest absolute Gasteiger partial charge is 0.237 e. The van der Waals surface area contributed by atoms with Gasteiger partial charge in [-0.25, -0.2) is 0 Å². The summed E-state index contributed by atoms with van der Waals surface area (Å²) in [4.78, 5) is 14.7. The standard InChI is InChI=1S/C16H33N3O/c1-5-11-19(12-15-7-9-17-10-8-15)14(4)16(20)18-13(3)6-2/h13-15,17H,5-12H2,1-4H3,(H,18,20). The molecule has 118 valence electrons. The second kappa shape index (κ2) is 9.35. The Morgan fingerprint density at radius 1 is 1.30 bits per heavy atom. The maximum Gasteiger partial charge on any atom is 0.237 e. The first-order valence-electron chi connectivity index (χ1n) is 8.33. The lowest BCUT2D eigenvalue weighted by Crippen LogP contribution is -2.49. The Morgan fingerprint density at radius 3 is 2.50 bits per heavy atom. The SMILES string of the molecule is CCCN(CC1CCNCC1)C(C)C(=O)NC(C)CC. The molecule has 0 saturated carbocycles. The molecule has 1 rings (SSSR count). The summed E-state index contributed by atoms with van der Waals surface area (Å²) in [5.41, 5.74) is 0. The van der Waals surface area contributed by atoms with Crippen molar-refractivity contribution >= 4 is 5.91 Å². The van der Waals surface area contributed by atoms with Gasteiger partial charge in [-0.2, -0.15) is 0 Å². The van der Waals surface area contributed by atoms with E-state index in [1.165, 1.54) is 12.8 Å². The van der Waals surface area contributed by atoms with Gasteiger partial charge in [-0.15, -0.1) is 0 Å². The van der Waals surface area contributed by atoms with Crippen LogP contribution in [0.5, 0.6) is 0 Å². The van der Waals surface area contributed by atoms with Gasteiger partial charge in [0.15, 0.2) is 0 Å². The van der Waals surface area contributed by atoms with Crippen molar-refractivity contribution in [2.24, 2.45) is 5.92 Å². The zero-order chi connectivity index (χ0) is 15.0. The van der Waals surface area contributed by atoms with Crippen molar-refractivity contribution in [1.82, 2.24) is 15.5 Å². The second-order valence-electron chi connectivity index (χ2n) is 6.18. The number of carbonyl (C=O) groups is 1. The summed E-state index contributed by atoms with van der Waals surface area (Å²) in [7, 11) is 0. The molecule has 0 radical (unpaired) electrons. The molecule has 0 bridgehead atoms. The molecule has 20 heavy (non-hydrogen) atoms. The van der Waals surface area contributed by atoms with Crippen LogP contribution in [0, 0.1) is 5.92 Å².